The van der Waals surface area contributed by atoms with Gasteiger partial charge in [-0.05, 0) is 18.1 Å². The Balaban J connectivity index is 2.19. The maximum atomic E-state index is 11.6. The molecule has 0 spiro atoms. The fourth-order valence-corrected chi connectivity index (χ4v) is 1.47. The molecule has 0 saturated carbocycles. The summed E-state index contributed by atoms with van der Waals surface area (Å²) in [7, 11) is 0. The zero-order valence-electron chi connectivity index (χ0n) is 10.3. The molecule has 2 heterocycles. The number of esters is 1. The minimum atomic E-state index is -0.606. The van der Waals surface area contributed by atoms with Crippen LogP contribution in [-0.4, -0.2) is 22.1 Å². The van der Waals surface area contributed by atoms with E-state index in [1.807, 2.05) is 13.8 Å². The molecular formula is C12H14N2O4. The highest BCUT2D eigenvalue weighted by molar-refractivity contribution is 5.73. The lowest BCUT2D eigenvalue weighted by atomic mass is 10.2. The van der Waals surface area contributed by atoms with Gasteiger partial charge in [0.05, 0.1) is 6.61 Å². The van der Waals surface area contributed by atoms with Gasteiger partial charge in [0.1, 0.15) is 6.54 Å². The second kappa shape index (κ2) is 5.03. The predicted molar refractivity (Wildman–Crippen MR) is 64.1 cm³/mol. The van der Waals surface area contributed by atoms with Gasteiger partial charge in [-0.3, -0.25) is 4.79 Å². The maximum absolute atomic E-state index is 11.6. The fourth-order valence-electron chi connectivity index (χ4n) is 1.47. The van der Waals surface area contributed by atoms with E-state index in [1.165, 1.54) is 6.20 Å². The molecule has 96 valence electrons. The Hall–Kier alpha value is -2.11. The van der Waals surface area contributed by atoms with E-state index < -0.39 is 11.7 Å². The number of ether oxygens (including phenoxy) is 1. The van der Waals surface area contributed by atoms with Gasteiger partial charge in [0.15, 0.2) is 11.2 Å². The van der Waals surface area contributed by atoms with E-state index in [0.29, 0.717) is 17.8 Å². The molecule has 2 aromatic rings. The van der Waals surface area contributed by atoms with E-state index in [4.69, 9.17) is 9.15 Å². The van der Waals surface area contributed by atoms with Crippen LogP contribution in [0.25, 0.3) is 11.2 Å². The van der Waals surface area contributed by atoms with Crippen molar-refractivity contribution in [3.8, 4) is 0 Å². The maximum Gasteiger partial charge on any atom is 0.421 e. The van der Waals surface area contributed by atoms with Crippen LogP contribution >= 0.6 is 0 Å². The second-order valence-corrected chi connectivity index (χ2v) is 4.36. The number of hydrogen-bond acceptors (Lipinski definition) is 5. The third-order valence-electron chi connectivity index (χ3n) is 2.29. The minimum absolute atomic E-state index is 0.185. The quantitative estimate of drug-likeness (QED) is 0.762. The molecule has 6 heteroatoms. The molecule has 2 aromatic heterocycles. The highest BCUT2D eigenvalue weighted by Gasteiger charge is 2.14. The first-order valence-electron chi connectivity index (χ1n) is 5.68. The smallest absolute Gasteiger partial charge is 0.421 e. The SMILES string of the molecule is CC(C)COC(=O)Cn1c(=O)oc2cccnc21. The average molecular weight is 250 g/mol. The third-order valence-corrected chi connectivity index (χ3v) is 2.29. The highest BCUT2D eigenvalue weighted by atomic mass is 16.5. The van der Waals surface area contributed by atoms with Gasteiger partial charge in [-0.25, -0.2) is 14.3 Å². The first kappa shape index (κ1) is 12.3. The van der Waals surface area contributed by atoms with Gasteiger partial charge in [0, 0.05) is 6.20 Å². The Morgan fingerprint density at radius 2 is 2.33 bits per heavy atom. The number of aromatic nitrogens is 2. The number of carbonyl (C=O) groups excluding carboxylic acids is 1. The van der Waals surface area contributed by atoms with E-state index in [9.17, 15) is 9.59 Å². The van der Waals surface area contributed by atoms with Crippen molar-refractivity contribution >= 4 is 17.2 Å². The van der Waals surface area contributed by atoms with E-state index in [1.54, 1.807) is 12.1 Å². The molecule has 0 bridgehead atoms. The largest absolute Gasteiger partial charge is 0.464 e. The summed E-state index contributed by atoms with van der Waals surface area (Å²) in [6, 6.07) is 3.28. The van der Waals surface area contributed by atoms with Crippen LogP contribution in [0.15, 0.2) is 27.5 Å². The lowest BCUT2D eigenvalue weighted by Crippen LogP contribution is -2.23. The fraction of sp³-hybridized carbons (Fsp3) is 0.417. The Morgan fingerprint density at radius 1 is 1.56 bits per heavy atom. The predicted octanol–water partition coefficient (Wildman–Crippen LogP) is 1.19. The van der Waals surface area contributed by atoms with Crippen LogP contribution in [0.5, 0.6) is 0 Å². The van der Waals surface area contributed by atoms with Crippen molar-refractivity contribution < 1.29 is 13.9 Å². The van der Waals surface area contributed by atoms with Crippen LogP contribution in [0.1, 0.15) is 13.8 Å². The van der Waals surface area contributed by atoms with Crippen molar-refractivity contribution in [2.75, 3.05) is 6.61 Å². The minimum Gasteiger partial charge on any atom is -0.464 e. The Kier molecular flexibility index (Phi) is 3.45. The van der Waals surface area contributed by atoms with E-state index in [-0.39, 0.29) is 12.5 Å². The van der Waals surface area contributed by atoms with Crippen LogP contribution in [0.2, 0.25) is 0 Å². The van der Waals surface area contributed by atoms with Gasteiger partial charge in [-0.1, -0.05) is 13.8 Å². The number of carbonyl (C=O) groups is 1. The van der Waals surface area contributed by atoms with Crippen molar-refractivity contribution in [1.29, 1.82) is 0 Å². The van der Waals surface area contributed by atoms with Gasteiger partial charge in [0.2, 0.25) is 0 Å². The number of oxazole rings is 1. The summed E-state index contributed by atoms with van der Waals surface area (Å²) in [4.78, 5) is 27.1. The summed E-state index contributed by atoms with van der Waals surface area (Å²) in [6.07, 6.45) is 1.53. The molecule has 0 saturated heterocycles. The molecule has 0 aliphatic heterocycles. The zero-order chi connectivity index (χ0) is 13.1. The van der Waals surface area contributed by atoms with Crippen LogP contribution in [-0.2, 0) is 16.1 Å². The number of nitrogens with zero attached hydrogens (tertiary/aromatic N) is 2. The van der Waals surface area contributed by atoms with E-state index >= 15 is 0 Å². The molecule has 6 nitrogen and oxygen atoms in total. The number of pyridine rings is 1. The van der Waals surface area contributed by atoms with Gasteiger partial charge in [-0.15, -0.1) is 0 Å². The van der Waals surface area contributed by atoms with E-state index in [2.05, 4.69) is 4.98 Å². The lowest BCUT2D eigenvalue weighted by Gasteiger charge is -2.06. The molecule has 18 heavy (non-hydrogen) atoms. The Bertz CT molecular complexity index is 612. The number of hydrogen-bond donors (Lipinski definition) is 0. The van der Waals surface area contributed by atoms with Gasteiger partial charge in [0.25, 0.3) is 0 Å². The molecule has 0 aliphatic carbocycles. The van der Waals surface area contributed by atoms with Gasteiger partial charge >= 0.3 is 11.7 Å². The van der Waals surface area contributed by atoms with Crippen LogP contribution in [0.3, 0.4) is 0 Å². The summed E-state index contributed by atoms with van der Waals surface area (Å²) in [5, 5.41) is 0. The Morgan fingerprint density at radius 3 is 3.06 bits per heavy atom. The van der Waals surface area contributed by atoms with Crippen molar-refractivity contribution in [2.24, 2.45) is 5.92 Å². The summed E-state index contributed by atoms with van der Waals surface area (Å²) >= 11 is 0. The molecule has 0 aliphatic rings. The van der Waals surface area contributed by atoms with Gasteiger partial charge in [-0.2, -0.15) is 0 Å². The summed E-state index contributed by atoms with van der Waals surface area (Å²) in [5.41, 5.74) is 0.711. The summed E-state index contributed by atoms with van der Waals surface area (Å²) in [6.45, 7) is 4.02. The molecule has 0 unspecified atom stereocenters. The molecule has 0 radical (unpaired) electrons. The monoisotopic (exact) mass is 250 g/mol. The second-order valence-electron chi connectivity index (χ2n) is 4.36. The normalized spacial score (nSPS) is 11.1. The molecule has 0 N–H and O–H groups in total. The van der Waals surface area contributed by atoms with Gasteiger partial charge < -0.3 is 9.15 Å². The van der Waals surface area contributed by atoms with Crippen LogP contribution < -0.4 is 5.76 Å². The van der Waals surface area contributed by atoms with Crippen LogP contribution in [0, 0.1) is 5.92 Å². The van der Waals surface area contributed by atoms with Crippen molar-refractivity contribution in [2.45, 2.75) is 20.4 Å². The summed E-state index contributed by atoms with van der Waals surface area (Å²) in [5.74, 6) is -0.825. The first-order valence-corrected chi connectivity index (χ1v) is 5.68. The van der Waals surface area contributed by atoms with Crippen molar-refractivity contribution in [3.63, 3.8) is 0 Å². The Labute approximate surface area is 103 Å². The average Bonchev–Trinajstić information content (AvgIpc) is 2.64. The van der Waals surface area contributed by atoms with Crippen molar-refractivity contribution in [1.82, 2.24) is 9.55 Å². The summed E-state index contributed by atoms with van der Waals surface area (Å²) < 4.78 is 11.1. The molecule has 0 fully saturated rings. The first-order chi connectivity index (χ1) is 8.58. The molecule has 0 atom stereocenters. The number of fused-ring (bicyclic) bond motifs is 1. The lowest BCUT2D eigenvalue weighted by molar-refractivity contribution is -0.145. The zero-order valence-corrected chi connectivity index (χ0v) is 10.3. The molecular weight excluding hydrogens is 236 g/mol. The molecule has 2 rings (SSSR count). The highest BCUT2D eigenvalue weighted by Crippen LogP contribution is 2.08. The number of rotatable bonds is 4. The molecule has 0 aromatic carbocycles. The molecule has 0 amide bonds. The third kappa shape index (κ3) is 2.58. The van der Waals surface area contributed by atoms with E-state index in [0.717, 1.165) is 4.57 Å². The standard InChI is InChI=1S/C12H14N2O4/c1-8(2)7-17-10(15)6-14-11-9(18-12(14)16)4-3-5-13-11/h3-5,8H,6-7H2,1-2H3. The topological polar surface area (TPSA) is 74.3 Å². The van der Waals surface area contributed by atoms with Crippen LogP contribution in [0.4, 0.5) is 0 Å². The van der Waals surface area contributed by atoms with Crippen molar-refractivity contribution in [3.05, 3.63) is 28.9 Å².